The van der Waals surface area contributed by atoms with Crippen LogP contribution in [0.15, 0.2) is 24.4 Å². The molecule has 0 amide bonds. The van der Waals surface area contributed by atoms with Crippen molar-refractivity contribution in [3.8, 4) is 5.88 Å². The van der Waals surface area contributed by atoms with Gasteiger partial charge in [0.2, 0.25) is 5.88 Å². The number of nitro groups is 1. The van der Waals surface area contributed by atoms with E-state index in [9.17, 15) is 10.1 Å². The third-order valence-corrected chi connectivity index (χ3v) is 3.42. The van der Waals surface area contributed by atoms with Crippen molar-refractivity contribution in [2.45, 2.75) is 27.3 Å². The fourth-order valence-corrected chi connectivity index (χ4v) is 2.19. The van der Waals surface area contributed by atoms with Gasteiger partial charge in [0.05, 0.1) is 11.5 Å². The molecule has 128 valence electrons. The van der Waals surface area contributed by atoms with E-state index in [0.29, 0.717) is 41.5 Å². The van der Waals surface area contributed by atoms with Crippen LogP contribution in [0.5, 0.6) is 5.88 Å². The van der Waals surface area contributed by atoms with Crippen LogP contribution in [0.4, 0.5) is 11.5 Å². The molecule has 0 saturated heterocycles. The first kappa shape index (κ1) is 17.9. The zero-order valence-electron chi connectivity index (χ0n) is 13.7. The summed E-state index contributed by atoms with van der Waals surface area (Å²) >= 11 is 6.17. The summed E-state index contributed by atoms with van der Waals surface area (Å²) in [6.45, 7) is 6.69. The summed E-state index contributed by atoms with van der Waals surface area (Å²) in [5.74, 6) is 1.36. The van der Waals surface area contributed by atoms with Gasteiger partial charge in [-0.2, -0.15) is 0 Å². The minimum Gasteiger partial charge on any atom is -0.476 e. The molecule has 2 rings (SSSR count). The van der Waals surface area contributed by atoms with Crippen molar-refractivity contribution in [3.63, 3.8) is 0 Å². The van der Waals surface area contributed by atoms with Crippen LogP contribution in [0.1, 0.15) is 25.1 Å². The van der Waals surface area contributed by atoms with E-state index in [0.717, 1.165) is 5.56 Å². The molecule has 0 unspecified atom stereocenters. The molecular formula is C16H19ClN4O3. The van der Waals surface area contributed by atoms with Gasteiger partial charge in [-0.3, -0.25) is 10.1 Å². The third-order valence-electron chi connectivity index (χ3n) is 3.15. The Kier molecular flexibility index (Phi) is 5.92. The number of halogens is 1. The number of rotatable bonds is 7. The maximum absolute atomic E-state index is 10.8. The summed E-state index contributed by atoms with van der Waals surface area (Å²) < 4.78 is 5.53. The summed E-state index contributed by atoms with van der Waals surface area (Å²) in [5.41, 5.74) is 1.21. The largest absolute Gasteiger partial charge is 0.476 e. The van der Waals surface area contributed by atoms with Gasteiger partial charge in [0.25, 0.3) is 5.69 Å². The topological polar surface area (TPSA) is 90.2 Å². The van der Waals surface area contributed by atoms with Gasteiger partial charge in [-0.1, -0.05) is 25.4 Å². The lowest BCUT2D eigenvalue weighted by molar-refractivity contribution is -0.385. The minimum atomic E-state index is -0.453. The van der Waals surface area contributed by atoms with Crippen LogP contribution in [0.25, 0.3) is 0 Å². The Labute approximate surface area is 145 Å². The maximum Gasteiger partial charge on any atom is 0.290 e. The maximum atomic E-state index is 10.8. The number of nitrogens with one attached hydrogen (secondary N) is 1. The first-order valence-corrected chi connectivity index (χ1v) is 7.87. The standard InChI is InChI=1S/C16H19ClN4O3/c1-10(2)9-24-16-13(17)6-12(8-19-16)7-18-15-5-4-14(21(22)23)11(3)20-15/h4-6,8,10H,7,9H2,1-3H3,(H,18,20). The third kappa shape index (κ3) is 4.79. The smallest absolute Gasteiger partial charge is 0.290 e. The van der Waals surface area contributed by atoms with Crippen LogP contribution in [0.2, 0.25) is 5.02 Å². The summed E-state index contributed by atoms with van der Waals surface area (Å²) in [6.07, 6.45) is 1.67. The van der Waals surface area contributed by atoms with Gasteiger partial charge in [-0.25, -0.2) is 9.97 Å². The van der Waals surface area contributed by atoms with Gasteiger partial charge in [-0.05, 0) is 30.5 Å². The Balaban J connectivity index is 2.00. The number of aryl methyl sites for hydroxylation is 1. The van der Waals surface area contributed by atoms with Crippen LogP contribution in [-0.2, 0) is 6.54 Å². The Morgan fingerprint density at radius 2 is 2.17 bits per heavy atom. The van der Waals surface area contributed by atoms with E-state index in [4.69, 9.17) is 16.3 Å². The molecule has 2 aromatic heterocycles. The molecule has 0 aliphatic rings. The second-order valence-corrected chi connectivity index (χ2v) is 6.15. The molecule has 0 aliphatic heterocycles. The highest BCUT2D eigenvalue weighted by Crippen LogP contribution is 2.24. The van der Waals surface area contributed by atoms with E-state index in [1.165, 1.54) is 6.07 Å². The molecule has 7 nitrogen and oxygen atoms in total. The molecule has 0 saturated carbocycles. The molecule has 24 heavy (non-hydrogen) atoms. The predicted octanol–water partition coefficient (Wildman–Crippen LogP) is 3.99. The first-order chi connectivity index (χ1) is 11.4. The molecule has 0 aliphatic carbocycles. The number of pyridine rings is 2. The van der Waals surface area contributed by atoms with E-state index in [-0.39, 0.29) is 5.69 Å². The summed E-state index contributed by atoms with van der Waals surface area (Å²) in [7, 11) is 0. The van der Waals surface area contributed by atoms with Gasteiger partial charge >= 0.3 is 0 Å². The predicted molar refractivity (Wildman–Crippen MR) is 92.5 cm³/mol. The monoisotopic (exact) mass is 350 g/mol. The normalized spacial score (nSPS) is 10.7. The minimum absolute atomic E-state index is 0.00286. The molecule has 2 aromatic rings. The number of hydrogen-bond acceptors (Lipinski definition) is 6. The van der Waals surface area contributed by atoms with Crippen molar-refractivity contribution in [1.29, 1.82) is 0 Å². The lowest BCUT2D eigenvalue weighted by atomic mass is 10.2. The van der Waals surface area contributed by atoms with Crippen LogP contribution in [0, 0.1) is 23.0 Å². The zero-order chi connectivity index (χ0) is 17.7. The quantitative estimate of drug-likeness (QED) is 0.599. The molecule has 0 aromatic carbocycles. The van der Waals surface area contributed by atoms with E-state index >= 15 is 0 Å². The molecule has 0 bridgehead atoms. The lowest BCUT2D eigenvalue weighted by Gasteiger charge is -2.11. The van der Waals surface area contributed by atoms with Gasteiger partial charge in [0.1, 0.15) is 16.5 Å². The van der Waals surface area contributed by atoms with Crippen molar-refractivity contribution in [1.82, 2.24) is 9.97 Å². The summed E-state index contributed by atoms with van der Waals surface area (Å²) in [4.78, 5) is 18.7. The van der Waals surface area contributed by atoms with Crippen molar-refractivity contribution in [2.75, 3.05) is 11.9 Å². The Hall–Kier alpha value is -2.41. The fraction of sp³-hybridized carbons (Fsp3) is 0.375. The average Bonchev–Trinajstić information content (AvgIpc) is 2.51. The highest BCUT2D eigenvalue weighted by molar-refractivity contribution is 6.31. The van der Waals surface area contributed by atoms with Gasteiger partial charge in [-0.15, -0.1) is 0 Å². The Bertz CT molecular complexity index is 737. The van der Waals surface area contributed by atoms with Gasteiger partial charge in [0.15, 0.2) is 0 Å². The number of nitrogens with zero attached hydrogens (tertiary/aromatic N) is 3. The highest BCUT2D eigenvalue weighted by atomic mass is 35.5. The molecule has 1 N–H and O–H groups in total. The molecule has 0 radical (unpaired) electrons. The van der Waals surface area contributed by atoms with Gasteiger partial charge in [0, 0.05) is 18.8 Å². The first-order valence-electron chi connectivity index (χ1n) is 7.50. The molecule has 0 fully saturated rings. The van der Waals surface area contributed by atoms with Crippen molar-refractivity contribution in [2.24, 2.45) is 5.92 Å². The Morgan fingerprint density at radius 1 is 1.42 bits per heavy atom. The zero-order valence-corrected chi connectivity index (χ0v) is 14.5. The SMILES string of the molecule is Cc1nc(NCc2cnc(OCC(C)C)c(Cl)c2)ccc1[N+](=O)[O-]. The number of aromatic nitrogens is 2. The fourth-order valence-electron chi connectivity index (χ4n) is 1.95. The van der Waals surface area contributed by atoms with Crippen molar-refractivity contribution in [3.05, 3.63) is 50.8 Å². The van der Waals surface area contributed by atoms with E-state index in [1.807, 2.05) is 13.8 Å². The van der Waals surface area contributed by atoms with Crippen LogP contribution >= 0.6 is 11.6 Å². The summed E-state index contributed by atoms with van der Waals surface area (Å²) in [5, 5.41) is 14.3. The second-order valence-electron chi connectivity index (χ2n) is 5.75. The number of hydrogen-bond donors (Lipinski definition) is 1. The highest BCUT2D eigenvalue weighted by Gasteiger charge is 2.12. The molecular weight excluding hydrogens is 332 g/mol. The van der Waals surface area contributed by atoms with Crippen LogP contribution < -0.4 is 10.1 Å². The van der Waals surface area contributed by atoms with Crippen LogP contribution in [0.3, 0.4) is 0 Å². The lowest BCUT2D eigenvalue weighted by Crippen LogP contribution is -2.07. The van der Waals surface area contributed by atoms with E-state index in [2.05, 4.69) is 15.3 Å². The Morgan fingerprint density at radius 3 is 2.75 bits per heavy atom. The molecule has 8 heteroatoms. The molecule has 2 heterocycles. The number of anilines is 1. The van der Waals surface area contributed by atoms with Crippen LogP contribution in [-0.4, -0.2) is 21.5 Å². The van der Waals surface area contributed by atoms with Crippen molar-refractivity contribution >= 4 is 23.1 Å². The average molecular weight is 351 g/mol. The van der Waals surface area contributed by atoms with E-state index < -0.39 is 4.92 Å². The molecule has 0 atom stereocenters. The second kappa shape index (κ2) is 7.92. The number of ether oxygens (including phenoxy) is 1. The summed E-state index contributed by atoms with van der Waals surface area (Å²) in [6, 6.07) is 4.77. The van der Waals surface area contributed by atoms with E-state index in [1.54, 1.807) is 25.3 Å². The van der Waals surface area contributed by atoms with Crippen molar-refractivity contribution < 1.29 is 9.66 Å². The van der Waals surface area contributed by atoms with Gasteiger partial charge < -0.3 is 10.1 Å². The molecule has 0 spiro atoms.